The maximum absolute atomic E-state index is 12.1. The topological polar surface area (TPSA) is 62.5 Å². The van der Waals surface area contributed by atoms with Crippen molar-refractivity contribution < 1.29 is 9.90 Å². The van der Waals surface area contributed by atoms with E-state index in [9.17, 15) is 14.7 Å². The van der Waals surface area contributed by atoms with Gasteiger partial charge in [-0.2, -0.15) is 0 Å². The Labute approximate surface area is 130 Å². The first-order valence-corrected chi connectivity index (χ1v) is 7.13. The SMILES string of the molecule is CN(Cc1ccc(O)cc1)C(=O)Cn1cc(Br)ccc1=O. The number of aromatic nitrogens is 1. The second-order valence-corrected chi connectivity index (χ2v) is 5.65. The highest BCUT2D eigenvalue weighted by Gasteiger charge is 2.11. The van der Waals surface area contributed by atoms with E-state index in [1.807, 2.05) is 0 Å². The van der Waals surface area contributed by atoms with E-state index < -0.39 is 0 Å². The summed E-state index contributed by atoms with van der Waals surface area (Å²) in [5.74, 6) is 0.0247. The van der Waals surface area contributed by atoms with Crippen molar-refractivity contribution in [3.8, 4) is 5.75 Å². The van der Waals surface area contributed by atoms with Crippen LogP contribution in [0.4, 0.5) is 0 Å². The number of halogens is 1. The summed E-state index contributed by atoms with van der Waals surface area (Å²) in [6, 6.07) is 9.72. The maximum Gasteiger partial charge on any atom is 0.251 e. The second-order valence-electron chi connectivity index (χ2n) is 4.73. The normalized spacial score (nSPS) is 10.4. The van der Waals surface area contributed by atoms with Crippen molar-refractivity contribution in [3.63, 3.8) is 0 Å². The summed E-state index contributed by atoms with van der Waals surface area (Å²) < 4.78 is 2.11. The molecule has 1 N–H and O–H groups in total. The molecule has 0 saturated carbocycles. The lowest BCUT2D eigenvalue weighted by atomic mass is 10.2. The summed E-state index contributed by atoms with van der Waals surface area (Å²) in [5, 5.41) is 9.23. The third-order valence-corrected chi connectivity index (χ3v) is 3.50. The number of phenols is 1. The van der Waals surface area contributed by atoms with Crippen LogP contribution in [0.5, 0.6) is 5.75 Å². The first kappa shape index (κ1) is 15.3. The average Bonchev–Trinajstić information content (AvgIpc) is 2.45. The Kier molecular flexibility index (Phi) is 4.80. The van der Waals surface area contributed by atoms with Crippen LogP contribution in [0.1, 0.15) is 5.56 Å². The van der Waals surface area contributed by atoms with Crippen molar-refractivity contribution in [3.05, 3.63) is 63.0 Å². The highest BCUT2D eigenvalue weighted by Crippen LogP contribution is 2.11. The molecule has 5 nitrogen and oxygen atoms in total. The molecule has 1 aromatic carbocycles. The van der Waals surface area contributed by atoms with Gasteiger partial charge in [-0.1, -0.05) is 12.1 Å². The van der Waals surface area contributed by atoms with Crippen LogP contribution < -0.4 is 5.56 Å². The van der Waals surface area contributed by atoms with Crippen molar-refractivity contribution in [2.24, 2.45) is 0 Å². The lowest BCUT2D eigenvalue weighted by molar-refractivity contribution is -0.131. The number of rotatable bonds is 4. The van der Waals surface area contributed by atoms with Crippen LogP contribution in [0.25, 0.3) is 0 Å². The van der Waals surface area contributed by atoms with E-state index in [-0.39, 0.29) is 23.8 Å². The molecule has 6 heteroatoms. The van der Waals surface area contributed by atoms with Crippen molar-refractivity contribution in [2.45, 2.75) is 13.1 Å². The van der Waals surface area contributed by atoms with Gasteiger partial charge >= 0.3 is 0 Å². The van der Waals surface area contributed by atoms with Gasteiger partial charge in [0.05, 0.1) is 0 Å². The van der Waals surface area contributed by atoms with E-state index >= 15 is 0 Å². The van der Waals surface area contributed by atoms with Gasteiger partial charge in [0.2, 0.25) is 5.91 Å². The number of carbonyl (C=O) groups is 1. The summed E-state index contributed by atoms with van der Waals surface area (Å²) in [6.45, 7) is 0.411. The molecule has 0 radical (unpaired) electrons. The lowest BCUT2D eigenvalue weighted by Gasteiger charge is -2.18. The van der Waals surface area contributed by atoms with Gasteiger partial charge in [0.25, 0.3) is 5.56 Å². The van der Waals surface area contributed by atoms with Crippen LogP contribution >= 0.6 is 15.9 Å². The van der Waals surface area contributed by atoms with E-state index in [4.69, 9.17) is 0 Å². The molecule has 2 aromatic rings. The Balaban J connectivity index is 2.04. The number of aromatic hydroxyl groups is 1. The smallest absolute Gasteiger partial charge is 0.251 e. The third kappa shape index (κ3) is 4.19. The molecule has 21 heavy (non-hydrogen) atoms. The fraction of sp³-hybridized carbons (Fsp3) is 0.200. The molecule has 0 aliphatic rings. The standard InChI is InChI=1S/C15H15BrN2O3/c1-17(8-11-2-5-13(19)6-3-11)15(21)10-18-9-12(16)4-7-14(18)20/h2-7,9,19H,8,10H2,1H3. The average molecular weight is 351 g/mol. The molecule has 0 aliphatic carbocycles. The Morgan fingerprint density at radius 1 is 1.24 bits per heavy atom. The highest BCUT2D eigenvalue weighted by atomic mass is 79.9. The van der Waals surface area contributed by atoms with E-state index in [1.54, 1.807) is 48.5 Å². The van der Waals surface area contributed by atoms with Crippen LogP contribution in [0.3, 0.4) is 0 Å². The van der Waals surface area contributed by atoms with Gasteiger partial charge in [0, 0.05) is 30.3 Å². The third-order valence-electron chi connectivity index (χ3n) is 3.03. The largest absolute Gasteiger partial charge is 0.508 e. The van der Waals surface area contributed by atoms with Crippen molar-refractivity contribution in [1.29, 1.82) is 0 Å². The minimum absolute atomic E-state index is 0.00709. The number of pyridine rings is 1. The predicted molar refractivity (Wildman–Crippen MR) is 83.0 cm³/mol. The van der Waals surface area contributed by atoms with Crippen LogP contribution in [0.2, 0.25) is 0 Å². The van der Waals surface area contributed by atoms with E-state index in [0.29, 0.717) is 6.54 Å². The summed E-state index contributed by atoms with van der Waals surface area (Å²) in [4.78, 5) is 25.4. The molecule has 0 saturated heterocycles. The van der Waals surface area contributed by atoms with Gasteiger partial charge in [-0.15, -0.1) is 0 Å². The molecule has 2 rings (SSSR count). The molecule has 0 bridgehead atoms. The Hall–Kier alpha value is -2.08. The van der Waals surface area contributed by atoms with Gasteiger partial charge < -0.3 is 14.6 Å². The minimum Gasteiger partial charge on any atom is -0.508 e. The van der Waals surface area contributed by atoms with Crippen LogP contribution in [0, 0.1) is 0 Å². The number of hydrogen-bond acceptors (Lipinski definition) is 3. The molecule has 0 unspecified atom stereocenters. The monoisotopic (exact) mass is 350 g/mol. The maximum atomic E-state index is 12.1. The van der Waals surface area contributed by atoms with Gasteiger partial charge in [-0.3, -0.25) is 9.59 Å². The van der Waals surface area contributed by atoms with Crippen LogP contribution in [-0.4, -0.2) is 27.5 Å². The Morgan fingerprint density at radius 2 is 1.90 bits per heavy atom. The zero-order valence-corrected chi connectivity index (χ0v) is 13.1. The number of amides is 1. The molecule has 110 valence electrons. The molecule has 0 spiro atoms. The number of carbonyl (C=O) groups excluding carboxylic acids is 1. The summed E-state index contributed by atoms with van der Waals surface area (Å²) in [6.07, 6.45) is 1.59. The summed E-state index contributed by atoms with van der Waals surface area (Å²) >= 11 is 3.28. The van der Waals surface area contributed by atoms with Gasteiger partial charge in [0.15, 0.2) is 0 Å². The molecular weight excluding hydrogens is 336 g/mol. The summed E-state index contributed by atoms with van der Waals surface area (Å²) in [7, 11) is 1.68. The van der Waals surface area contributed by atoms with E-state index in [0.717, 1.165) is 10.0 Å². The second kappa shape index (κ2) is 6.58. The number of benzene rings is 1. The highest BCUT2D eigenvalue weighted by molar-refractivity contribution is 9.10. The number of nitrogens with zero attached hydrogens (tertiary/aromatic N) is 2. The zero-order valence-electron chi connectivity index (χ0n) is 11.5. The molecule has 1 aromatic heterocycles. The van der Waals surface area contributed by atoms with Crippen LogP contribution in [0.15, 0.2) is 51.9 Å². The molecule has 1 heterocycles. The van der Waals surface area contributed by atoms with Crippen molar-refractivity contribution in [2.75, 3.05) is 7.05 Å². The number of phenolic OH excluding ortho intramolecular Hbond substituents is 1. The van der Waals surface area contributed by atoms with Crippen LogP contribution in [-0.2, 0) is 17.9 Å². The number of likely N-dealkylation sites (N-methyl/N-ethyl adjacent to an activating group) is 1. The first-order chi connectivity index (χ1) is 9.95. The molecular formula is C15H15BrN2O3. The zero-order chi connectivity index (χ0) is 15.4. The first-order valence-electron chi connectivity index (χ1n) is 6.33. The minimum atomic E-state index is -0.218. The molecule has 0 aliphatic heterocycles. The van der Waals surface area contributed by atoms with E-state index in [1.165, 1.54) is 10.6 Å². The fourth-order valence-electron chi connectivity index (χ4n) is 1.86. The van der Waals surface area contributed by atoms with E-state index in [2.05, 4.69) is 15.9 Å². The number of hydrogen-bond donors (Lipinski definition) is 1. The Bertz CT molecular complexity index is 695. The Morgan fingerprint density at radius 3 is 2.57 bits per heavy atom. The predicted octanol–water partition coefficient (Wildman–Crippen LogP) is 1.97. The van der Waals surface area contributed by atoms with Gasteiger partial charge in [-0.05, 0) is 39.7 Å². The van der Waals surface area contributed by atoms with Gasteiger partial charge in [-0.25, -0.2) is 0 Å². The molecule has 0 atom stereocenters. The van der Waals surface area contributed by atoms with Gasteiger partial charge in [0.1, 0.15) is 12.3 Å². The molecule has 0 fully saturated rings. The quantitative estimate of drug-likeness (QED) is 0.916. The van der Waals surface area contributed by atoms with Crippen molar-refractivity contribution in [1.82, 2.24) is 9.47 Å². The molecule has 1 amide bonds. The lowest BCUT2D eigenvalue weighted by Crippen LogP contribution is -2.33. The van der Waals surface area contributed by atoms with Crippen molar-refractivity contribution >= 4 is 21.8 Å². The fourth-order valence-corrected chi connectivity index (χ4v) is 2.23. The summed E-state index contributed by atoms with van der Waals surface area (Å²) in [5.41, 5.74) is 0.690.